The summed E-state index contributed by atoms with van der Waals surface area (Å²) in [4.78, 5) is 23.8. The molecular formula is C14H15BrN4O4S2. The molecule has 11 heteroatoms. The van der Waals surface area contributed by atoms with Gasteiger partial charge in [-0.2, -0.15) is 0 Å². The molecule has 0 radical (unpaired) electrons. The van der Waals surface area contributed by atoms with Crippen LogP contribution in [0.4, 0.5) is 5.13 Å². The van der Waals surface area contributed by atoms with Gasteiger partial charge in [0.25, 0.3) is 5.91 Å². The van der Waals surface area contributed by atoms with E-state index in [-0.39, 0.29) is 23.5 Å². The number of carbonyl (C=O) groups excluding carboxylic acids is 2. The first-order valence-electron chi connectivity index (χ1n) is 7.51. The molecule has 8 nitrogen and oxygen atoms in total. The Labute approximate surface area is 160 Å². The number of rotatable bonds is 7. The highest BCUT2D eigenvalue weighted by Crippen LogP contribution is 2.26. The van der Waals surface area contributed by atoms with E-state index in [0.717, 1.165) is 19.4 Å². The monoisotopic (exact) mass is 446 g/mol. The number of carbonyl (C=O) groups is 2. The van der Waals surface area contributed by atoms with Gasteiger partial charge in [-0.1, -0.05) is 23.1 Å². The van der Waals surface area contributed by atoms with E-state index in [1.165, 1.54) is 23.1 Å². The van der Waals surface area contributed by atoms with Gasteiger partial charge in [0.2, 0.25) is 11.0 Å². The molecule has 1 atom stereocenters. The van der Waals surface area contributed by atoms with E-state index in [9.17, 15) is 9.59 Å². The molecule has 2 aromatic rings. The molecule has 0 aromatic carbocycles. The van der Waals surface area contributed by atoms with E-state index in [1.807, 2.05) is 0 Å². The molecular weight excluding hydrogens is 432 g/mol. The van der Waals surface area contributed by atoms with Crippen molar-refractivity contribution in [1.82, 2.24) is 15.5 Å². The molecule has 0 saturated carbocycles. The number of aromatic nitrogens is 2. The van der Waals surface area contributed by atoms with Crippen LogP contribution in [0.15, 0.2) is 25.6 Å². The van der Waals surface area contributed by atoms with Crippen LogP contribution in [-0.2, 0) is 9.53 Å². The minimum Gasteiger partial charge on any atom is -0.444 e. The zero-order valence-electron chi connectivity index (χ0n) is 13.0. The van der Waals surface area contributed by atoms with Crippen molar-refractivity contribution in [2.75, 3.05) is 24.2 Å². The van der Waals surface area contributed by atoms with Crippen LogP contribution < -0.4 is 10.6 Å². The fourth-order valence-electron chi connectivity index (χ4n) is 2.12. The van der Waals surface area contributed by atoms with Gasteiger partial charge >= 0.3 is 0 Å². The van der Waals surface area contributed by atoms with Gasteiger partial charge in [-0.3, -0.25) is 14.9 Å². The van der Waals surface area contributed by atoms with E-state index in [4.69, 9.17) is 9.15 Å². The summed E-state index contributed by atoms with van der Waals surface area (Å²) in [6.07, 6.45) is 2.15. The van der Waals surface area contributed by atoms with E-state index in [1.54, 1.807) is 12.1 Å². The fourth-order valence-corrected chi connectivity index (χ4v) is 4.01. The van der Waals surface area contributed by atoms with Crippen LogP contribution >= 0.6 is 39.0 Å². The van der Waals surface area contributed by atoms with Crippen molar-refractivity contribution in [2.45, 2.75) is 23.3 Å². The first kappa shape index (κ1) is 18.4. The first-order chi connectivity index (χ1) is 12.1. The quantitative estimate of drug-likeness (QED) is 0.496. The zero-order valence-corrected chi connectivity index (χ0v) is 16.2. The van der Waals surface area contributed by atoms with E-state index >= 15 is 0 Å². The third-order valence-electron chi connectivity index (χ3n) is 3.30. The van der Waals surface area contributed by atoms with Crippen LogP contribution in [0, 0.1) is 0 Å². The lowest BCUT2D eigenvalue weighted by molar-refractivity contribution is -0.119. The highest BCUT2D eigenvalue weighted by Gasteiger charge is 2.17. The maximum absolute atomic E-state index is 11.9. The second kappa shape index (κ2) is 8.79. The van der Waals surface area contributed by atoms with Crippen molar-refractivity contribution in [3.8, 4) is 0 Å². The Morgan fingerprint density at radius 3 is 3.00 bits per heavy atom. The van der Waals surface area contributed by atoms with Gasteiger partial charge in [-0.25, -0.2) is 0 Å². The molecule has 0 aliphatic carbocycles. The highest BCUT2D eigenvalue weighted by molar-refractivity contribution is 9.10. The molecule has 0 unspecified atom stereocenters. The summed E-state index contributed by atoms with van der Waals surface area (Å²) in [5.41, 5.74) is 0. The number of anilines is 1. The van der Waals surface area contributed by atoms with Gasteiger partial charge in [-0.05, 0) is 40.9 Å². The number of amides is 2. The second-order valence-corrected chi connectivity index (χ2v) is 8.14. The number of nitrogens with zero attached hydrogens (tertiary/aromatic N) is 2. The molecule has 1 aliphatic heterocycles. The minimum absolute atomic E-state index is 0.0817. The molecule has 3 heterocycles. The summed E-state index contributed by atoms with van der Waals surface area (Å²) in [7, 11) is 0. The van der Waals surface area contributed by atoms with Crippen molar-refractivity contribution < 1.29 is 18.7 Å². The van der Waals surface area contributed by atoms with E-state index < -0.39 is 5.91 Å². The van der Waals surface area contributed by atoms with Crippen LogP contribution in [0.2, 0.25) is 0 Å². The Kier molecular flexibility index (Phi) is 6.45. The number of furan rings is 1. The Hall–Kier alpha value is -1.43. The Bertz CT molecular complexity index is 745. The molecule has 2 N–H and O–H groups in total. The molecule has 0 spiro atoms. The Balaban J connectivity index is 1.41. The molecule has 0 bridgehead atoms. The van der Waals surface area contributed by atoms with E-state index in [2.05, 4.69) is 36.8 Å². The highest BCUT2D eigenvalue weighted by atomic mass is 79.9. The lowest BCUT2D eigenvalue weighted by Gasteiger charge is -2.09. The second-order valence-electron chi connectivity index (χ2n) is 5.16. The molecule has 25 heavy (non-hydrogen) atoms. The Morgan fingerprint density at radius 1 is 1.40 bits per heavy atom. The number of thioether (sulfide) groups is 1. The topological polar surface area (TPSA) is 106 Å². The minimum atomic E-state index is -0.410. The number of ether oxygens (including phenoxy) is 1. The van der Waals surface area contributed by atoms with Gasteiger partial charge in [0, 0.05) is 13.2 Å². The van der Waals surface area contributed by atoms with Gasteiger partial charge in [0.15, 0.2) is 14.8 Å². The van der Waals surface area contributed by atoms with Gasteiger partial charge < -0.3 is 14.5 Å². The average molecular weight is 447 g/mol. The van der Waals surface area contributed by atoms with Crippen LogP contribution in [0.1, 0.15) is 23.4 Å². The lowest BCUT2D eigenvalue weighted by Crippen LogP contribution is -2.32. The van der Waals surface area contributed by atoms with Crippen molar-refractivity contribution >= 4 is 56.0 Å². The molecule has 1 fully saturated rings. The van der Waals surface area contributed by atoms with Gasteiger partial charge in [0.1, 0.15) is 0 Å². The molecule has 1 aliphatic rings. The molecule has 1 saturated heterocycles. The zero-order chi connectivity index (χ0) is 17.6. The maximum Gasteiger partial charge on any atom is 0.293 e. The number of hydrogen-bond acceptors (Lipinski definition) is 8. The summed E-state index contributed by atoms with van der Waals surface area (Å²) < 4.78 is 11.7. The van der Waals surface area contributed by atoms with Crippen molar-refractivity contribution in [3.05, 3.63) is 22.6 Å². The third-order valence-corrected chi connectivity index (χ3v) is 5.70. The summed E-state index contributed by atoms with van der Waals surface area (Å²) in [6, 6.07) is 3.18. The molecule has 2 aromatic heterocycles. The number of halogens is 1. The lowest BCUT2D eigenvalue weighted by atomic mass is 10.2. The summed E-state index contributed by atoms with van der Waals surface area (Å²) in [5.74, 6) is -0.0836. The summed E-state index contributed by atoms with van der Waals surface area (Å²) >= 11 is 5.60. The average Bonchev–Trinajstić information content (AvgIpc) is 3.33. The predicted molar refractivity (Wildman–Crippen MR) is 97.0 cm³/mol. The Morgan fingerprint density at radius 2 is 2.28 bits per heavy atom. The van der Waals surface area contributed by atoms with Gasteiger partial charge in [0.05, 0.1) is 11.9 Å². The van der Waals surface area contributed by atoms with Crippen LogP contribution in [0.25, 0.3) is 0 Å². The third kappa shape index (κ3) is 5.53. The van der Waals surface area contributed by atoms with Crippen molar-refractivity contribution in [2.24, 2.45) is 0 Å². The van der Waals surface area contributed by atoms with Crippen LogP contribution in [-0.4, -0.2) is 47.0 Å². The summed E-state index contributed by atoms with van der Waals surface area (Å²) in [6.45, 7) is 1.30. The SMILES string of the molecule is O=C(CSc1nnc(NC(=O)c2ccc(Br)o2)s1)NC[C@H]1CCCO1. The van der Waals surface area contributed by atoms with Crippen molar-refractivity contribution in [3.63, 3.8) is 0 Å². The molecule has 2 amide bonds. The maximum atomic E-state index is 11.9. The summed E-state index contributed by atoms with van der Waals surface area (Å²) in [5, 5.41) is 13.6. The van der Waals surface area contributed by atoms with Gasteiger partial charge in [-0.15, -0.1) is 10.2 Å². The molecule has 134 valence electrons. The predicted octanol–water partition coefficient (Wildman–Crippen LogP) is 2.53. The standard InChI is InChI=1S/C14H15BrN4O4S2/c15-10-4-3-9(23-10)12(21)17-13-18-19-14(25-13)24-7-11(20)16-6-8-2-1-5-22-8/h3-4,8H,1-2,5-7H2,(H,16,20)(H,17,18,21)/t8-/m1/s1. The van der Waals surface area contributed by atoms with Crippen LogP contribution in [0.5, 0.6) is 0 Å². The van der Waals surface area contributed by atoms with E-state index in [0.29, 0.717) is 20.7 Å². The smallest absolute Gasteiger partial charge is 0.293 e. The largest absolute Gasteiger partial charge is 0.444 e. The number of nitrogens with one attached hydrogen (secondary N) is 2. The van der Waals surface area contributed by atoms with Crippen molar-refractivity contribution in [1.29, 1.82) is 0 Å². The number of hydrogen-bond donors (Lipinski definition) is 2. The van der Waals surface area contributed by atoms with Crippen LogP contribution in [0.3, 0.4) is 0 Å². The molecule has 3 rings (SSSR count). The first-order valence-corrected chi connectivity index (χ1v) is 10.1. The normalized spacial score (nSPS) is 16.8. The fraction of sp³-hybridized carbons (Fsp3) is 0.429.